The van der Waals surface area contributed by atoms with Gasteiger partial charge in [-0.3, -0.25) is 0 Å². The third kappa shape index (κ3) is 8.30. The van der Waals surface area contributed by atoms with Crippen LogP contribution >= 0.6 is 11.6 Å². The molecule has 1 aromatic rings. The number of methoxy groups -OCH3 is 1. The van der Waals surface area contributed by atoms with Crippen LogP contribution in [0.3, 0.4) is 0 Å². The number of rotatable bonds is 9. The molecule has 1 aromatic carbocycles. The van der Waals surface area contributed by atoms with Crippen LogP contribution in [0.4, 0.5) is 9.18 Å². The molecule has 0 fully saturated rings. The minimum atomic E-state index is -0.625. The molecule has 0 aromatic heterocycles. The fourth-order valence-corrected chi connectivity index (χ4v) is 2.49. The minimum Gasteiger partial charge on any atom is -0.486 e. The summed E-state index contributed by atoms with van der Waals surface area (Å²) < 4.78 is 35.0. The Labute approximate surface area is 164 Å². The number of hydrogen-bond acceptors (Lipinski definition) is 6. The summed E-state index contributed by atoms with van der Waals surface area (Å²) in [5.74, 6) is -0.274. The van der Waals surface area contributed by atoms with Gasteiger partial charge in [-0.2, -0.15) is 0 Å². The number of nitrogens with two attached hydrogens (primary N) is 1. The van der Waals surface area contributed by atoms with Gasteiger partial charge in [0.15, 0.2) is 0 Å². The first-order valence-corrected chi connectivity index (χ1v) is 8.86. The molecule has 2 atom stereocenters. The number of benzene rings is 1. The molecule has 0 aliphatic carbocycles. The predicted octanol–water partition coefficient (Wildman–Crippen LogP) is 3.39. The average Bonchev–Trinajstić information content (AvgIpc) is 2.54. The molecule has 0 bridgehead atoms. The van der Waals surface area contributed by atoms with E-state index in [1.54, 1.807) is 27.7 Å². The third-order valence-corrected chi connectivity index (χ3v) is 3.60. The Morgan fingerprint density at radius 1 is 1.37 bits per heavy atom. The third-order valence-electron chi connectivity index (χ3n) is 3.22. The second kappa shape index (κ2) is 10.7. The molecular formula is C18H28ClFN2O5. The van der Waals surface area contributed by atoms with Gasteiger partial charge in [-0.05, 0) is 39.8 Å². The highest BCUT2D eigenvalue weighted by molar-refractivity contribution is 6.31. The second-order valence-corrected chi connectivity index (χ2v) is 7.34. The largest absolute Gasteiger partial charge is 0.486 e. The Bertz CT molecular complexity index is 623. The van der Waals surface area contributed by atoms with Gasteiger partial charge in [0.25, 0.3) is 0 Å². The van der Waals surface area contributed by atoms with E-state index in [1.165, 1.54) is 19.2 Å². The number of ether oxygens (including phenoxy) is 4. The summed E-state index contributed by atoms with van der Waals surface area (Å²) in [6.07, 6.45) is -1.20. The van der Waals surface area contributed by atoms with Crippen molar-refractivity contribution in [1.82, 2.24) is 5.32 Å². The topological polar surface area (TPSA) is 92.0 Å². The molecule has 0 aliphatic heterocycles. The van der Waals surface area contributed by atoms with Crippen molar-refractivity contribution in [1.29, 1.82) is 0 Å². The summed E-state index contributed by atoms with van der Waals surface area (Å²) >= 11 is 6.03. The monoisotopic (exact) mass is 406 g/mol. The molecule has 1 unspecified atom stereocenters. The van der Waals surface area contributed by atoms with E-state index in [1.807, 2.05) is 0 Å². The zero-order chi connectivity index (χ0) is 20.6. The average molecular weight is 407 g/mol. The predicted molar refractivity (Wildman–Crippen MR) is 100 cm³/mol. The normalized spacial score (nSPS) is 13.8. The number of carbonyl (C=O) groups is 1. The lowest BCUT2D eigenvalue weighted by molar-refractivity contribution is -0.0562. The van der Waals surface area contributed by atoms with Crippen LogP contribution in [0.5, 0.6) is 5.75 Å². The Balaban J connectivity index is 2.89. The van der Waals surface area contributed by atoms with Crippen molar-refractivity contribution in [2.24, 2.45) is 5.73 Å². The van der Waals surface area contributed by atoms with Crippen LogP contribution < -0.4 is 15.8 Å². The summed E-state index contributed by atoms with van der Waals surface area (Å²) in [7, 11) is 1.49. The number of amides is 1. The Morgan fingerprint density at radius 2 is 2.04 bits per heavy atom. The number of alkyl carbamates (subject to hydrolysis) is 1. The van der Waals surface area contributed by atoms with Crippen molar-refractivity contribution >= 4 is 17.7 Å². The van der Waals surface area contributed by atoms with E-state index in [0.29, 0.717) is 11.3 Å². The maximum absolute atomic E-state index is 13.8. The van der Waals surface area contributed by atoms with Crippen LogP contribution in [0, 0.1) is 5.82 Å². The highest BCUT2D eigenvalue weighted by Crippen LogP contribution is 2.33. The molecule has 0 aliphatic rings. The maximum Gasteiger partial charge on any atom is 0.407 e. The summed E-state index contributed by atoms with van der Waals surface area (Å²) in [5, 5.41) is 2.52. The maximum atomic E-state index is 13.8. The van der Waals surface area contributed by atoms with Crippen molar-refractivity contribution in [3.63, 3.8) is 0 Å². The van der Waals surface area contributed by atoms with Gasteiger partial charge in [0.2, 0.25) is 0 Å². The van der Waals surface area contributed by atoms with Gasteiger partial charge in [-0.1, -0.05) is 11.6 Å². The minimum absolute atomic E-state index is 0.0522. The van der Waals surface area contributed by atoms with E-state index < -0.39 is 29.7 Å². The first-order valence-electron chi connectivity index (χ1n) is 8.48. The molecule has 0 saturated carbocycles. The second-order valence-electron chi connectivity index (χ2n) is 6.96. The SMILES string of the molecule is COCOC[C@H](CNC(=O)OC(C)(C)C)Oc1ccc(F)c(Cl)c1C(C)N. The lowest BCUT2D eigenvalue weighted by Crippen LogP contribution is -2.41. The standard InChI is InChI=1S/C18H28ClFN2O5/c1-11(21)15-14(7-6-13(20)16(15)19)26-12(9-25-10-24-5)8-22-17(23)27-18(2,3)4/h6-7,11-12H,8-10,21H2,1-5H3,(H,22,23)/t11?,12-/m0/s1. The smallest absolute Gasteiger partial charge is 0.407 e. The molecule has 0 radical (unpaired) electrons. The lowest BCUT2D eigenvalue weighted by Gasteiger charge is -2.24. The van der Waals surface area contributed by atoms with Crippen LogP contribution in [-0.2, 0) is 14.2 Å². The van der Waals surface area contributed by atoms with Crippen LogP contribution in [0.25, 0.3) is 0 Å². The van der Waals surface area contributed by atoms with Crippen LogP contribution in [-0.4, -0.2) is 44.9 Å². The fourth-order valence-electron chi connectivity index (χ4n) is 2.16. The molecular weight excluding hydrogens is 379 g/mol. The molecule has 0 heterocycles. The first-order chi connectivity index (χ1) is 12.5. The number of halogens is 2. The van der Waals surface area contributed by atoms with Crippen LogP contribution in [0.2, 0.25) is 5.02 Å². The van der Waals surface area contributed by atoms with E-state index in [4.69, 9.17) is 36.3 Å². The first kappa shape index (κ1) is 23.4. The van der Waals surface area contributed by atoms with Crippen LogP contribution in [0.1, 0.15) is 39.3 Å². The van der Waals surface area contributed by atoms with Gasteiger partial charge < -0.3 is 30.0 Å². The quantitative estimate of drug-likeness (QED) is 0.482. The van der Waals surface area contributed by atoms with E-state index in [-0.39, 0.29) is 25.0 Å². The van der Waals surface area contributed by atoms with Gasteiger partial charge in [0, 0.05) is 18.7 Å². The molecule has 27 heavy (non-hydrogen) atoms. The molecule has 0 saturated heterocycles. The molecule has 1 amide bonds. The van der Waals surface area contributed by atoms with Crippen LogP contribution in [0.15, 0.2) is 12.1 Å². The Morgan fingerprint density at radius 3 is 2.59 bits per heavy atom. The van der Waals surface area contributed by atoms with Crippen molar-refractivity contribution in [3.05, 3.63) is 28.5 Å². The van der Waals surface area contributed by atoms with E-state index in [9.17, 15) is 9.18 Å². The van der Waals surface area contributed by atoms with Crippen molar-refractivity contribution in [2.45, 2.75) is 45.4 Å². The number of carbonyl (C=O) groups excluding carboxylic acids is 1. The molecule has 0 spiro atoms. The Hall–Kier alpha value is -1.61. The number of nitrogens with one attached hydrogen (secondary N) is 1. The molecule has 154 valence electrons. The highest BCUT2D eigenvalue weighted by atomic mass is 35.5. The molecule has 7 nitrogen and oxygen atoms in total. The summed E-state index contributed by atoms with van der Waals surface area (Å²) in [6.45, 7) is 7.20. The Kier molecular flexibility index (Phi) is 9.25. The lowest BCUT2D eigenvalue weighted by atomic mass is 10.1. The van der Waals surface area contributed by atoms with E-state index in [2.05, 4.69) is 5.32 Å². The highest BCUT2D eigenvalue weighted by Gasteiger charge is 2.22. The fraction of sp³-hybridized carbons (Fsp3) is 0.611. The van der Waals surface area contributed by atoms with Crippen molar-refractivity contribution in [2.75, 3.05) is 27.1 Å². The van der Waals surface area contributed by atoms with Gasteiger partial charge in [-0.25, -0.2) is 9.18 Å². The van der Waals surface area contributed by atoms with Gasteiger partial charge >= 0.3 is 6.09 Å². The summed E-state index contributed by atoms with van der Waals surface area (Å²) in [6, 6.07) is 2.08. The van der Waals surface area contributed by atoms with Crippen molar-refractivity contribution in [3.8, 4) is 5.75 Å². The van der Waals surface area contributed by atoms with E-state index >= 15 is 0 Å². The van der Waals surface area contributed by atoms with Crippen molar-refractivity contribution < 1.29 is 28.1 Å². The molecule has 1 rings (SSSR count). The van der Waals surface area contributed by atoms with Gasteiger partial charge in [0.05, 0.1) is 18.2 Å². The van der Waals surface area contributed by atoms with Gasteiger partial charge in [0.1, 0.15) is 30.1 Å². The summed E-state index contributed by atoms with van der Waals surface area (Å²) in [5.41, 5.74) is 5.61. The zero-order valence-corrected chi connectivity index (χ0v) is 17.1. The van der Waals surface area contributed by atoms with E-state index in [0.717, 1.165) is 0 Å². The van der Waals surface area contributed by atoms with Gasteiger partial charge in [-0.15, -0.1) is 0 Å². The number of hydrogen-bond donors (Lipinski definition) is 2. The molecule has 3 N–H and O–H groups in total. The molecule has 9 heteroatoms. The zero-order valence-electron chi connectivity index (χ0n) is 16.3. The summed E-state index contributed by atoms with van der Waals surface area (Å²) in [4.78, 5) is 11.9.